The predicted molar refractivity (Wildman–Crippen MR) is 121 cm³/mol. The minimum atomic E-state index is -3.84. The minimum Gasteiger partial charge on any atom is -0.320 e. The summed E-state index contributed by atoms with van der Waals surface area (Å²) in [5.74, 6) is -1.22. The highest BCUT2D eigenvalue weighted by Gasteiger charge is 2.33. The highest BCUT2D eigenvalue weighted by molar-refractivity contribution is 7.89. The zero-order chi connectivity index (χ0) is 22.9. The van der Waals surface area contributed by atoms with Crippen LogP contribution < -0.4 is 5.32 Å². The molecule has 0 saturated carbocycles. The minimum absolute atomic E-state index is 0.0555. The molecule has 1 amide bonds. The Bertz CT molecular complexity index is 1270. The lowest BCUT2D eigenvalue weighted by atomic mass is 10.0. The summed E-state index contributed by atoms with van der Waals surface area (Å²) in [4.78, 5) is 12.5. The number of aromatic nitrogens is 2. The smallest absolute Gasteiger partial charge is 0.286 e. The Morgan fingerprint density at radius 2 is 2.03 bits per heavy atom. The van der Waals surface area contributed by atoms with Gasteiger partial charge in [-0.05, 0) is 49.6 Å². The van der Waals surface area contributed by atoms with Crippen molar-refractivity contribution >= 4 is 44.6 Å². The van der Waals surface area contributed by atoms with E-state index in [2.05, 4.69) is 15.5 Å². The number of carbonyl (C=O) groups excluding carboxylic acids is 1. The van der Waals surface area contributed by atoms with Gasteiger partial charge < -0.3 is 5.32 Å². The Morgan fingerprint density at radius 3 is 2.78 bits per heavy atom. The lowest BCUT2D eigenvalue weighted by Crippen LogP contribution is -2.39. The second kappa shape index (κ2) is 9.22. The van der Waals surface area contributed by atoms with Crippen LogP contribution in [0.1, 0.15) is 39.1 Å². The molecule has 0 radical (unpaired) electrons. The maximum Gasteiger partial charge on any atom is 0.286 e. The van der Waals surface area contributed by atoms with E-state index < -0.39 is 15.8 Å². The van der Waals surface area contributed by atoms with E-state index in [9.17, 15) is 17.6 Å². The fourth-order valence-electron chi connectivity index (χ4n) is 3.53. The van der Waals surface area contributed by atoms with Crippen LogP contribution in [-0.4, -0.2) is 41.9 Å². The Labute approximate surface area is 194 Å². The highest BCUT2D eigenvalue weighted by atomic mass is 35.5. The van der Waals surface area contributed by atoms with Gasteiger partial charge in [-0.1, -0.05) is 41.1 Å². The number of sulfonamides is 1. The zero-order valence-corrected chi connectivity index (χ0v) is 19.5. The second-order valence-electron chi connectivity index (χ2n) is 7.49. The van der Waals surface area contributed by atoms with Crippen LogP contribution in [0, 0.1) is 12.7 Å². The van der Waals surface area contributed by atoms with Crippen molar-refractivity contribution in [2.75, 3.05) is 18.4 Å². The molecule has 0 unspecified atom stereocenters. The molecule has 1 atom stereocenters. The molecule has 1 aliphatic rings. The number of carbonyl (C=O) groups is 1. The lowest BCUT2D eigenvalue weighted by Gasteiger charge is -2.30. The van der Waals surface area contributed by atoms with Crippen molar-refractivity contribution in [3.05, 3.63) is 68.9 Å². The summed E-state index contributed by atoms with van der Waals surface area (Å²) in [7, 11) is -3.84. The van der Waals surface area contributed by atoms with E-state index in [-0.39, 0.29) is 33.3 Å². The summed E-state index contributed by atoms with van der Waals surface area (Å²) in [5.41, 5.74) is 1.63. The molecule has 1 fully saturated rings. The van der Waals surface area contributed by atoms with E-state index in [0.717, 1.165) is 35.5 Å². The largest absolute Gasteiger partial charge is 0.320 e. The van der Waals surface area contributed by atoms with Crippen LogP contribution in [0.2, 0.25) is 5.02 Å². The van der Waals surface area contributed by atoms with Gasteiger partial charge in [0.25, 0.3) is 5.91 Å². The van der Waals surface area contributed by atoms with Crippen LogP contribution in [-0.2, 0) is 10.0 Å². The third kappa shape index (κ3) is 4.68. The van der Waals surface area contributed by atoms with Crippen molar-refractivity contribution in [2.24, 2.45) is 0 Å². The summed E-state index contributed by atoms with van der Waals surface area (Å²) in [6, 6.07) is 10.8. The standard InChI is InChI=1S/C21H20ClFN4O3S2/c1-13-5-2-3-7-18(13)24-19(28)21-26-25-20(31-21)14-6-4-10-27(12-14)32(29,30)15-8-9-17(23)16(22)11-15/h2-3,5,7-9,11,14H,4,6,10,12H2,1H3,(H,24,28)/t14-/m0/s1. The van der Waals surface area contributed by atoms with Crippen molar-refractivity contribution < 1.29 is 17.6 Å². The van der Waals surface area contributed by atoms with Crippen LogP contribution in [0.5, 0.6) is 0 Å². The molecule has 4 rings (SSSR count). The molecule has 1 aromatic heterocycles. The molecule has 1 saturated heterocycles. The molecular weight excluding hydrogens is 475 g/mol. The molecule has 32 heavy (non-hydrogen) atoms. The van der Waals surface area contributed by atoms with Gasteiger partial charge in [0.05, 0.1) is 9.92 Å². The number of anilines is 1. The maximum atomic E-state index is 13.5. The van der Waals surface area contributed by atoms with Gasteiger partial charge in [0.2, 0.25) is 15.0 Å². The summed E-state index contributed by atoms with van der Waals surface area (Å²) < 4.78 is 40.8. The molecular formula is C21H20ClFN4O3S2. The fraction of sp³-hybridized carbons (Fsp3) is 0.286. The number of nitrogens with zero attached hydrogens (tertiary/aromatic N) is 3. The van der Waals surface area contributed by atoms with Crippen molar-refractivity contribution in [1.82, 2.24) is 14.5 Å². The Balaban J connectivity index is 1.49. The number of piperidine rings is 1. The maximum absolute atomic E-state index is 13.5. The van der Waals surface area contributed by atoms with Crippen LogP contribution >= 0.6 is 22.9 Å². The van der Waals surface area contributed by atoms with Gasteiger partial charge in [0.1, 0.15) is 10.8 Å². The van der Waals surface area contributed by atoms with Gasteiger partial charge in [-0.2, -0.15) is 4.31 Å². The van der Waals surface area contributed by atoms with Crippen LogP contribution in [0.25, 0.3) is 0 Å². The molecule has 11 heteroatoms. The first-order chi connectivity index (χ1) is 15.3. The number of aryl methyl sites for hydroxylation is 1. The summed E-state index contributed by atoms with van der Waals surface area (Å²) in [5, 5.41) is 11.6. The van der Waals surface area contributed by atoms with Crippen molar-refractivity contribution in [3.63, 3.8) is 0 Å². The lowest BCUT2D eigenvalue weighted by molar-refractivity contribution is 0.102. The molecule has 2 aromatic carbocycles. The van der Waals surface area contributed by atoms with Gasteiger partial charge in [-0.25, -0.2) is 12.8 Å². The molecule has 0 bridgehead atoms. The number of para-hydroxylation sites is 1. The number of hydrogen-bond donors (Lipinski definition) is 1. The number of halogens is 2. The van der Waals surface area contributed by atoms with Crippen LogP contribution in [0.4, 0.5) is 10.1 Å². The Morgan fingerprint density at radius 1 is 1.25 bits per heavy atom. The number of amides is 1. The van der Waals surface area contributed by atoms with Gasteiger partial charge in [-0.15, -0.1) is 10.2 Å². The van der Waals surface area contributed by atoms with Gasteiger partial charge >= 0.3 is 0 Å². The van der Waals surface area contributed by atoms with E-state index in [4.69, 9.17) is 11.6 Å². The van der Waals surface area contributed by atoms with Gasteiger partial charge in [-0.3, -0.25) is 4.79 Å². The van der Waals surface area contributed by atoms with Gasteiger partial charge in [0, 0.05) is 24.7 Å². The van der Waals surface area contributed by atoms with E-state index in [1.165, 1.54) is 10.4 Å². The third-order valence-electron chi connectivity index (χ3n) is 5.29. The van der Waals surface area contributed by atoms with Crippen molar-refractivity contribution in [2.45, 2.75) is 30.6 Å². The molecule has 2 heterocycles. The zero-order valence-electron chi connectivity index (χ0n) is 17.1. The monoisotopic (exact) mass is 494 g/mol. The number of nitrogens with one attached hydrogen (secondary N) is 1. The second-order valence-corrected chi connectivity index (χ2v) is 10.8. The molecule has 0 aliphatic carbocycles. The normalized spacial score (nSPS) is 17.3. The molecule has 0 spiro atoms. The highest BCUT2D eigenvalue weighted by Crippen LogP contribution is 2.33. The van der Waals surface area contributed by atoms with E-state index >= 15 is 0 Å². The molecule has 1 aliphatic heterocycles. The number of rotatable bonds is 5. The topological polar surface area (TPSA) is 92.3 Å². The number of hydrogen-bond acceptors (Lipinski definition) is 6. The van der Waals surface area contributed by atoms with Crippen LogP contribution in [0.3, 0.4) is 0 Å². The van der Waals surface area contributed by atoms with E-state index in [0.29, 0.717) is 23.7 Å². The van der Waals surface area contributed by atoms with E-state index in [1.54, 1.807) is 6.07 Å². The summed E-state index contributed by atoms with van der Waals surface area (Å²) in [6.07, 6.45) is 1.35. The van der Waals surface area contributed by atoms with Crippen molar-refractivity contribution in [3.8, 4) is 0 Å². The molecule has 7 nitrogen and oxygen atoms in total. The van der Waals surface area contributed by atoms with E-state index in [1.807, 2.05) is 25.1 Å². The van der Waals surface area contributed by atoms with Crippen LogP contribution in [0.15, 0.2) is 47.4 Å². The molecule has 1 N–H and O–H groups in total. The number of benzene rings is 2. The quantitative estimate of drug-likeness (QED) is 0.565. The SMILES string of the molecule is Cc1ccccc1NC(=O)c1nnc([C@H]2CCCN(S(=O)(=O)c3ccc(F)c(Cl)c3)C2)s1. The summed E-state index contributed by atoms with van der Waals surface area (Å²) in [6.45, 7) is 2.44. The first-order valence-electron chi connectivity index (χ1n) is 9.91. The molecule has 168 valence electrons. The Hall–Kier alpha value is -2.40. The average molecular weight is 495 g/mol. The molecule has 3 aromatic rings. The first kappa shape index (κ1) is 22.8. The Kier molecular flexibility index (Phi) is 6.57. The fourth-order valence-corrected chi connectivity index (χ4v) is 6.19. The third-order valence-corrected chi connectivity index (χ3v) is 8.53. The van der Waals surface area contributed by atoms with Crippen molar-refractivity contribution in [1.29, 1.82) is 0 Å². The first-order valence-corrected chi connectivity index (χ1v) is 12.5. The summed E-state index contributed by atoms with van der Waals surface area (Å²) >= 11 is 6.93. The van der Waals surface area contributed by atoms with Gasteiger partial charge in [0.15, 0.2) is 0 Å². The predicted octanol–water partition coefficient (Wildman–Crippen LogP) is 4.46. The average Bonchev–Trinajstić information content (AvgIpc) is 3.28.